The molecule has 0 saturated carbocycles. The van der Waals surface area contributed by atoms with Crippen LogP contribution in [0, 0.1) is 0 Å². The van der Waals surface area contributed by atoms with Crippen molar-refractivity contribution in [2.24, 2.45) is 7.05 Å². The number of hydrogen-bond acceptors (Lipinski definition) is 5. The molecule has 0 aliphatic heterocycles. The van der Waals surface area contributed by atoms with Crippen LogP contribution in [0.2, 0.25) is 0 Å². The summed E-state index contributed by atoms with van der Waals surface area (Å²) in [6.45, 7) is 0. The van der Waals surface area contributed by atoms with Gasteiger partial charge < -0.3 is 14.2 Å². The molecule has 168 valence electrons. The van der Waals surface area contributed by atoms with Gasteiger partial charge in [-0.3, -0.25) is 4.79 Å². The molecular weight excluding hydrogens is 432 g/mol. The maximum absolute atomic E-state index is 13.2. The highest BCUT2D eigenvalue weighted by atomic mass is 32.2. The number of carbonyl (C=O) groups excluding carboxylic acids is 1. The maximum Gasteiger partial charge on any atom is 0.233 e. The minimum atomic E-state index is -0.158. The topological polar surface area (TPSA) is 60.3 Å². The van der Waals surface area contributed by atoms with Gasteiger partial charge in [0.15, 0.2) is 11.0 Å². The van der Waals surface area contributed by atoms with E-state index in [1.807, 2.05) is 79.3 Å². The third kappa shape index (κ3) is 5.09. The lowest BCUT2D eigenvalue weighted by molar-refractivity contribution is -0.128. The average molecular weight is 459 g/mol. The zero-order valence-electron chi connectivity index (χ0n) is 18.9. The van der Waals surface area contributed by atoms with Crippen LogP contribution in [0.3, 0.4) is 0 Å². The fraction of sp³-hybridized carbons (Fsp3) is 0.192. The molecule has 0 fully saturated rings. The van der Waals surface area contributed by atoms with Crippen LogP contribution in [-0.2, 0) is 11.8 Å². The third-order valence-electron chi connectivity index (χ3n) is 5.52. The maximum atomic E-state index is 13.2. The van der Waals surface area contributed by atoms with Crippen LogP contribution in [0.15, 0.2) is 90.1 Å². The van der Waals surface area contributed by atoms with Gasteiger partial charge in [0.25, 0.3) is 0 Å². The van der Waals surface area contributed by atoms with Crippen LogP contribution < -0.4 is 4.74 Å². The first-order chi connectivity index (χ1) is 16.1. The Morgan fingerprint density at radius 3 is 2.06 bits per heavy atom. The van der Waals surface area contributed by atoms with E-state index in [0.717, 1.165) is 28.3 Å². The van der Waals surface area contributed by atoms with Gasteiger partial charge in [0.2, 0.25) is 5.91 Å². The molecule has 7 heteroatoms. The third-order valence-corrected chi connectivity index (χ3v) is 6.52. The van der Waals surface area contributed by atoms with Crippen molar-refractivity contribution < 1.29 is 9.53 Å². The number of aromatic nitrogens is 3. The molecule has 0 N–H and O–H groups in total. The summed E-state index contributed by atoms with van der Waals surface area (Å²) in [5, 5.41) is 9.32. The second kappa shape index (κ2) is 10.4. The Morgan fingerprint density at radius 1 is 0.939 bits per heavy atom. The van der Waals surface area contributed by atoms with E-state index >= 15 is 0 Å². The minimum absolute atomic E-state index is 0.0201. The zero-order valence-corrected chi connectivity index (χ0v) is 19.7. The fourth-order valence-electron chi connectivity index (χ4n) is 3.71. The summed E-state index contributed by atoms with van der Waals surface area (Å²) in [5.74, 6) is 1.82. The van der Waals surface area contributed by atoms with Crippen molar-refractivity contribution in [3.8, 4) is 17.1 Å². The summed E-state index contributed by atoms with van der Waals surface area (Å²) in [4.78, 5) is 15.0. The first kappa shape index (κ1) is 22.6. The average Bonchev–Trinajstić information content (AvgIpc) is 3.24. The summed E-state index contributed by atoms with van der Waals surface area (Å²) in [6.07, 6.45) is 0. The van der Waals surface area contributed by atoms with Gasteiger partial charge in [0.05, 0.1) is 18.9 Å². The smallest absolute Gasteiger partial charge is 0.233 e. The van der Waals surface area contributed by atoms with Crippen LogP contribution in [0.1, 0.15) is 17.2 Å². The number of ether oxygens (including phenoxy) is 1. The van der Waals surface area contributed by atoms with Crippen molar-refractivity contribution in [2.45, 2.75) is 11.2 Å². The molecular formula is C26H26N4O2S. The molecule has 0 atom stereocenters. The second-order valence-electron chi connectivity index (χ2n) is 7.61. The van der Waals surface area contributed by atoms with E-state index in [-0.39, 0.29) is 17.7 Å². The zero-order chi connectivity index (χ0) is 23.2. The molecule has 1 amide bonds. The van der Waals surface area contributed by atoms with Crippen molar-refractivity contribution in [1.82, 2.24) is 19.7 Å². The molecule has 6 nitrogen and oxygen atoms in total. The SMILES string of the molecule is COc1ccc(-c2nnc(SCC(=O)N(C)C(c3ccccc3)c3ccccc3)n2C)cc1. The van der Waals surface area contributed by atoms with E-state index in [0.29, 0.717) is 5.16 Å². The number of methoxy groups -OCH3 is 1. The molecule has 1 heterocycles. The van der Waals surface area contributed by atoms with Gasteiger partial charge in [-0.15, -0.1) is 10.2 Å². The van der Waals surface area contributed by atoms with E-state index < -0.39 is 0 Å². The largest absolute Gasteiger partial charge is 0.497 e. The Bertz CT molecular complexity index is 1150. The van der Waals surface area contributed by atoms with Gasteiger partial charge in [-0.2, -0.15) is 0 Å². The van der Waals surface area contributed by atoms with Gasteiger partial charge in [0, 0.05) is 19.7 Å². The number of hydrogen-bond donors (Lipinski definition) is 0. The summed E-state index contributed by atoms with van der Waals surface area (Å²) < 4.78 is 7.13. The van der Waals surface area contributed by atoms with Crippen LogP contribution in [0.5, 0.6) is 5.75 Å². The highest BCUT2D eigenvalue weighted by molar-refractivity contribution is 7.99. The van der Waals surface area contributed by atoms with Crippen molar-refractivity contribution in [2.75, 3.05) is 19.9 Å². The quantitative estimate of drug-likeness (QED) is 0.354. The Balaban J connectivity index is 1.49. The van der Waals surface area contributed by atoms with Crippen molar-refractivity contribution in [1.29, 1.82) is 0 Å². The molecule has 4 aromatic rings. The van der Waals surface area contributed by atoms with E-state index in [4.69, 9.17) is 4.74 Å². The first-order valence-corrected chi connectivity index (χ1v) is 11.6. The molecule has 0 aliphatic carbocycles. The molecule has 0 spiro atoms. The normalized spacial score (nSPS) is 10.9. The lowest BCUT2D eigenvalue weighted by Crippen LogP contribution is -2.33. The minimum Gasteiger partial charge on any atom is -0.497 e. The lowest BCUT2D eigenvalue weighted by atomic mass is 9.97. The molecule has 0 unspecified atom stereocenters. The van der Waals surface area contributed by atoms with Crippen LogP contribution >= 0.6 is 11.8 Å². The van der Waals surface area contributed by atoms with E-state index in [1.54, 1.807) is 12.0 Å². The monoisotopic (exact) mass is 458 g/mol. The van der Waals surface area contributed by atoms with Gasteiger partial charge in [-0.1, -0.05) is 72.4 Å². The number of benzene rings is 3. The summed E-state index contributed by atoms with van der Waals surface area (Å²) in [5.41, 5.74) is 3.09. The molecule has 4 rings (SSSR count). The van der Waals surface area contributed by atoms with Crippen molar-refractivity contribution in [3.63, 3.8) is 0 Å². The van der Waals surface area contributed by atoms with Crippen molar-refractivity contribution in [3.05, 3.63) is 96.1 Å². The first-order valence-electron chi connectivity index (χ1n) is 10.6. The summed E-state index contributed by atoms with van der Waals surface area (Å²) in [6, 6.07) is 27.7. The van der Waals surface area contributed by atoms with Crippen molar-refractivity contribution >= 4 is 17.7 Å². The number of carbonyl (C=O) groups is 1. The van der Waals surface area contributed by atoms with Gasteiger partial charge in [-0.05, 0) is 35.4 Å². The predicted octanol–water partition coefficient (Wildman–Crippen LogP) is 4.83. The molecule has 0 saturated heterocycles. The fourth-order valence-corrected chi connectivity index (χ4v) is 4.55. The second-order valence-corrected chi connectivity index (χ2v) is 8.55. The lowest BCUT2D eigenvalue weighted by Gasteiger charge is -2.29. The highest BCUT2D eigenvalue weighted by Gasteiger charge is 2.24. The van der Waals surface area contributed by atoms with Crippen LogP contribution in [0.4, 0.5) is 0 Å². The highest BCUT2D eigenvalue weighted by Crippen LogP contribution is 2.29. The molecule has 3 aromatic carbocycles. The Morgan fingerprint density at radius 2 is 1.52 bits per heavy atom. The Hall–Kier alpha value is -3.58. The Kier molecular flexibility index (Phi) is 7.10. The van der Waals surface area contributed by atoms with Crippen LogP contribution in [-0.4, -0.2) is 45.5 Å². The molecule has 0 aliphatic rings. The number of nitrogens with zero attached hydrogens (tertiary/aromatic N) is 4. The predicted molar refractivity (Wildman–Crippen MR) is 131 cm³/mol. The standard InChI is InChI=1S/C26H26N4O2S/c1-29(24(19-10-6-4-7-11-19)20-12-8-5-9-13-20)23(31)18-33-26-28-27-25(30(26)2)21-14-16-22(32-3)17-15-21/h4-17,24H,18H2,1-3H3. The number of amides is 1. The van der Waals surface area contributed by atoms with E-state index in [1.165, 1.54) is 11.8 Å². The molecule has 33 heavy (non-hydrogen) atoms. The van der Waals surface area contributed by atoms with E-state index in [9.17, 15) is 4.79 Å². The van der Waals surface area contributed by atoms with Gasteiger partial charge >= 0.3 is 0 Å². The number of thioether (sulfide) groups is 1. The Labute approximate surface area is 198 Å². The summed E-state index contributed by atoms with van der Waals surface area (Å²) in [7, 11) is 5.40. The molecule has 0 bridgehead atoms. The van der Waals surface area contributed by atoms with Gasteiger partial charge in [0.1, 0.15) is 5.75 Å². The van der Waals surface area contributed by atoms with Crippen LogP contribution in [0.25, 0.3) is 11.4 Å². The molecule has 1 aromatic heterocycles. The van der Waals surface area contributed by atoms with E-state index in [2.05, 4.69) is 34.5 Å². The number of rotatable bonds is 8. The summed E-state index contributed by atoms with van der Waals surface area (Å²) >= 11 is 1.39. The van der Waals surface area contributed by atoms with Gasteiger partial charge in [-0.25, -0.2) is 0 Å². The molecule has 0 radical (unpaired) electrons.